The van der Waals surface area contributed by atoms with E-state index in [2.05, 4.69) is 59.2 Å². The molecule has 2 aliphatic carbocycles. The SMILES string of the molecule is COC(=O)NC(C(=O)N1CCCC1C1=C2CCCC2=C(c2ccc(-c3ccc(C4=CN=C([C@@H]5CCCN5C(=O)[C@@H](NC(=O)OC)C(C)C)C4)cc3)cc2)C1)C1CCOC1. The fraction of sp³-hybridized carbons (Fsp3) is 0.511. The molecule has 59 heavy (non-hydrogen) atoms. The first-order valence-electron chi connectivity index (χ1n) is 21.4. The second-order valence-electron chi connectivity index (χ2n) is 17.1. The largest absolute Gasteiger partial charge is 0.453 e. The van der Waals surface area contributed by atoms with Gasteiger partial charge >= 0.3 is 12.2 Å². The number of benzene rings is 2. The number of alkyl carbamates (subject to hydrolysis) is 2. The Labute approximate surface area is 347 Å². The van der Waals surface area contributed by atoms with Crippen molar-refractivity contribution in [1.29, 1.82) is 0 Å². The summed E-state index contributed by atoms with van der Waals surface area (Å²) in [5.41, 5.74) is 12.4. The van der Waals surface area contributed by atoms with E-state index in [1.165, 1.54) is 42.1 Å². The third-order valence-corrected chi connectivity index (χ3v) is 13.3. The average molecular weight is 804 g/mol. The number of nitrogens with zero attached hydrogens (tertiary/aromatic N) is 3. The summed E-state index contributed by atoms with van der Waals surface area (Å²) in [5.74, 6) is -0.261. The van der Waals surface area contributed by atoms with E-state index in [0.29, 0.717) is 32.7 Å². The summed E-state index contributed by atoms with van der Waals surface area (Å²) in [7, 11) is 2.64. The molecule has 4 amide bonds. The molecular weight excluding hydrogens is 747 g/mol. The van der Waals surface area contributed by atoms with Gasteiger partial charge in [-0.25, -0.2) is 9.59 Å². The van der Waals surface area contributed by atoms with Gasteiger partial charge < -0.3 is 34.6 Å². The molecule has 12 nitrogen and oxygen atoms in total. The van der Waals surface area contributed by atoms with Gasteiger partial charge in [0.05, 0.1) is 32.9 Å². The second kappa shape index (κ2) is 17.6. The number of methoxy groups -OCH3 is 2. The predicted molar refractivity (Wildman–Crippen MR) is 226 cm³/mol. The first kappa shape index (κ1) is 40.5. The van der Waals surface area contributed by atoms with Crippen LogP contribution in [0.4, 0.5) is 9.59 Å². The Morgan fingerprint density at radius 2 is 1.32 bits per heavy atom. The zero-order chi connectivity index (χ0) is 41.2. The highest BCUT2D eigenvalue weighted by atomic mass is 16.5. The van der Waals surface area contributed by atoms with Crippen LogP contribution in [0.1, 0.15) is 89.2 Å². The molecule has 2 aromatic rings. The Kier molecular flexibility index (Phi) is 12.1. The lowest BCUT2D eigenvalue weighted by molar-refractivity contribution is -0.135. The van der Waals surface area contributed by atoms with Crippen LogP contribution in [0.5, 0.6) is 0 Å². The monoisotopic (exact) mass is 803 g/mol. The second-order valence-corrected chi connectivity index (χ2v) is 17.1. The summed E-state index contributed by atoms with van der Waals surface area (Å²) in [5, 5.41) is 5.58. The van der Waals surface area contributed by atoms with E-state index in [9.17, 15) is 19.2 Å². The molecule has 2 aromatic carbocycles. The molecule has 6 aliphatic rings. The van der Waals surface area contributed by atoms with Gasteiger partial charge in [-0.15, -0.1) is 0 Å². The van der Waals surface area contributed by atoms with Gasteiger partial charge in [0.25, 0.3) is 0 Å². The number of likely N-dealkylation sites (tertiary alicyclic amines) is 2. The van der Waals surface area contributed by atoms with E-state index >= 15 is 0 Å². The Bertz CT molecular complexity index is 2080. The lowest BCUT2D eigenvalue weighted by Gasteiger charge is -2.32. The number of fused-ring (bicyclic) bond motifs is 1. The van der Waals surface area contributed by atoms with Crippen LogP contribution in [0.3, 0.4) is 0 Å². The average Bonchev–Trinajstić information content (AvgIpc) is 4.11. The predicted octanol–water partition coefficient (Wildman–Crippen LogP) is 7.30. The van der Waals surface area contributed by atoms with Gasteiger partial charge in [-0.05, 0) is 114 Å². The summed E-state index contributed by atoms with van der Waals surface area (Å²) in [6.45, 7) is 6.23. The van der Waals surface area contributed by atoms with Gasteiger partial charge in [0, 0.05) is 43.9 Å². The van der Waals surface area contributed by atoms with Crippen molar-refractivity contribution in [2.24, 2.45) is 16.8 Å². The maximum absolute atomic E-state index is 14.2. The highest BCUT2D eigenvalue weighted by Gasteiger charge is 2.43. The molecule has 3 saturated heterocycles. The molecule has 3 unspecified atom stereocenters. The molecule has 4 heterocycles. The van der Waals surface area contributed by atoms with Crippen LogP contribution in [0.15, 0.2) is 76.4 Å². The van der Waals surface area contributed by atoms with Crippen LogP contribution in [-0.4, -0.2) is 104 Å². The summed E-state index contributed by atoms with van der Waals surface area (Å²) in [4.78, 5) is 60.8. The number of carbonyl (C=O) groups excluding carboxylic acids is 4. The number of aliphatic imine (C=N–C) groups is 1. The molecule has 1 saturated carbocycles. The number of hydrogen-bond acceptors (Lipinski definition) is 8. The molecule has 0 spiro atoms. The van der Waals surface area contributed by atoms with E-state index in [-0.39, 0.29) is 35.7 Å². The van der Waals surface area contributed by atoms with E-state index in [1.54, 1.807) is 0 Å². The first-order chi connectivity index (χ1) is 28.6. The van der Waals surface area contributed by atoms with Crippen molar-refractivity contribution >= 4 is 40.9 Å². The van der Waals surface area contributed by atoms with Crippen LogP contribution in [-0.2, 0) is 23.8 Å². The van der Waals surface area contributed by atoms with Crippen molar-refractivity contribution in [3.05, 3.63) is 82.6 Å². The van der Waals surface area contributed by atoms with Gasteiger partial charge in [0.1, 0.15) is 12.1 Å². The Morgan fingerprint density at radius 3 is 1.97 bits per heavy atom. The smallest absolute Gasteiger partial charge is 0.407 e. The highest BCUT2D eigenvalue weighted by molar-refractivity contribution is 6.04. The van der Waals surface area contributed by atoms with E-state index in [4.69, 9.17) is 19.2 Å². The summed E-state index contributed by atoms with van der Waals surface area (Å²) >= 11 is 0. The third kappa shape index (κ3) is 8.20. The van der Waals surface area contributed by atoms with Crippen LogP contribution in [0.25, 0.3) is 22.3 Å². The molecule has 312 valence electrons. The summed E-state index contributed by atoms with van der Waals surface area (Å²) < 4.78 is 15.3. The van der Waals surface area contributed by atoms with Crippen molar-refractivity contribution in [2.45, 2.75) is 102 Å². The number of carbonyl (C=O) groups is 4. The van der Waals surface area contributed by atoms with Crippen molar-refractivity contribution in [3.63, 3.8) is 0 Å². The fourth-order valence-corrected chi connectivity index (χ4v) is 10.2. The van der Waals surface area contributed by atoms with Crippen molar-refractivity contribution in [3.8, 4) is 11.1 Å². The van der Waals surface area contributed by atoms with E-state index in [1.807, 2.05) is 29.8 Å². The zero-order valence-corrected chi connectivity index (χ0v) is 34.8. The summed E-state index contributed by atoms with van der Waals surface area (Å²) in [6.07, 6.45) is 9.88. The molecule has 5 atom stereocenters. The van der Waals surface area contributed by atoms with Gasteiger partial charge in [-0.1, -0.05) is 62.4 Å². The fourth-order valence-electron chi connectivity index (χ4n) is 10.2. The minimum Gasteiger partial charge on any atom is -0.453 e. The summed E-state index contributed by atoms with van der Waals surface area (Å²) in [6, 6.07) is 16.2. The number of allylic oxidation sites excluding steroid dienone is 4. The quantitative estimate of drug-likeness (QED) is 0.243. The van der Waals surface area contributed by atoms with Crippen LogP contribution in [0, 0.1) is 11.8 Å². The number of amides is 4. The number of hydrogen-bond donors (Lipinski definition) is 2. The maximum Gasteiger partial charge on any atom is 0.407 e. The molecule has 8 rings (SSSR count). The van der Waals surface area contributed by atoms with Gasteiger partial charge in [0.15, 0.2) is 0 Å². The Balaban J connectivity index is 0.910. The maximum atomic E-state index is 14.2. The molecule has 0 radical (unpaired) electrons. The Hall–Kier alpha value is -5.23. The number of rotatable bonds is 11. The number of ether oxygens (including phenoxy) is 3. The Morgan fingerprint density at radius 1 is 0.712 bits per heavy atom. The molecule has 2 N–H and O–H groups in total. The minimum atomic E-state index is -0.655. The molecular formula is C47H57N5O7. The molecule has 4 aliphatic heterocycles. The lowest BCUT2D eigenvalue weighted by Crippen LogP contribution is -2.54. The molecule has 0 aromatic heterocycles. The van der Waals surface area contributed by atoms with Crippen molar-refractivity contribution in [1.82, 2.24) is 20.4 Å². The van der Waals surface area contributed by atoms with Crippen LogP contribution in [0.2, 0.25) is 0 Å². The van der Waals surface area contributed by atoms with Gasteiger partial charge in [0.2, 0.25) is 11.8 Å². The lowest BCUT2D eigenvalue weighted by atomic mass is 9.93. The minimum absolute atomic E-state index is 0.0272. The van der Waals surface area contributed by atoms with Gasteiger partial charge in [-0.3, -0.25) is 14.6 Å². The van der Waals surface area contributed by atoms with Crippen molar-refractivity contribution < 1.29 is 33.4 Å². The van der Waals surface area contributed by atoms with E-state index in [0.717, 1.165) is 85.8 Å². The number of nitrogens with one attached hydrogen (secondary N) is 2. The van der Waals surface area contributed by atoms with Crippen LogP contribution < -0.4 is 10.6 Å². The molecule has 0 bridgehead atoms. The standard InChI is InChI=1S/C47H57N5O7/c1-28(2)42(49-46(55)57-3)44(53)52-22-7-11-41(52)39-24-34(26-48-39)31-14-12-29(13-15-31)30-16-18-32(19-17-30)37-25-38(36-9-5-8-35(36)37)40-10-6-21-51(40)45(54)43(50-47(56)58-4)33-20-23-59-27-33/h12-19,26,28,33,40-43H,5-11,20-25,27H2,1-4H3,(H,49,55)(H,50,56)/t33?,40?,41-,42-,43?/m0/s1. The zero-order valence-electron chi connectivity index (χ0n) is 34.8. The highest BCUT2D eigenvalue weighted by Crippen LogP contribution is 2.50. The third-order valence-electron chi connectivity index (χ3n) is 13.3. The van der Waals surface area contributed by atoms with Gasteiger partial charge in [-0.2, -0.15) is 0 Å². The van der Waals surface area contributed by atoms with Crippen molar-refractivity contribution in [2.75, 3.05) is 40.5 Å². The molecule has 12 heteroatoms. The normalized spacial score (nSPS) is 23.7. The van der Waals surface area contributed by atoms with E-state index < -0.39 is 24.3 Å². The molecule has 4 fully saturated rings. The topological polar surface area (TPSA) is 139 Å². The first-order valence-corrected chi connectivity index (χ1v) is 21.4. The van der Waals surface area contributed by atoms with Crippen LogP contribution >= 0.6 is 0 Å².